The highest BCUT2D eigenvalue weighted by atomic mass is 16.3. The summed E-state index contributed by atoms with van der Waals surface area (Å²) in [6.07, 6.45) is 7.36. The first-order chi connectivity index (χ1) is 8.07. The molecule has 3 heteroatoms. The molecule has 0 bridgehead atoms. The second-order valence-corrected chi connectivity index (χ2v) is 5.96. The van der Waals surface area contributed by atoms with E-state index >= 15 is 0 Å². The number of aliphatic hydroxyl groups excluding tert-OH is 1. The average molecular weight is 242 g/mol. The topological polar surface area (TPSA) is 49.5 Å². The number of hydrogen-bond acceptors (Lipinski definition) is 3. The van der Waals surface area contributed by atoms with Gasteiger partial charge >= 0.3 is 0 Å². The van der Waals surface area contributed by atoms with Crippen molar-refractivity contribution in [1.82, 2.24) is 4.90 Å². The Morgan fingerprint density at radius 3 is 2.47 bits per heavy atom. The van der Waals surface area contributed by atoms with Crippen LogP contribution in [0.2, 0.25) is 0 Å². The first-order valence-electron chi connectivity index (χ1n) is 7.19. The number of piperidine rings is 1. The molecule has 102 valence electrons. The molecule has 1 atom stereocenters. The van der Waals surface area contributed by atoms with Gasteiger partial charge in [-0.2, -0.15) is 0 Å². The number of nitrogens with zero attached hydrogens (tertiary/aromatic N) is 1. The van der Waals surface area contributed by atoms with Crippen molar-refractivity contribution in [2.75, 3.05) is 26.2 Å². The molecule has 3 N–H and O–H groups in total. The highest BCUT2D eigenvalue weighted by molar-refractivity contribution is 4.77. The van der Waals surface area contributed by atoms with Crippen LogP contribution in [0.5, 0.6) is 0 Å². The van der Waals surface area contributed by atoms with Gasteiger partial charge in [-0.15, -0.1) is 0 Å². The minimum Gasteiger partial charge on any atom is -0.394 e. The number of nitrogens with two attached hydrogens (primary N) is 1. The van der Waals surface area contributed by atoms with Crippen LogP contribution >= 0.6 is 0 Å². The Labute approximate surface area is 106 Å². The number of unbranched alkanes of at least 4 members (excludes halogenated alkanes) is 1. The van der Waals surface area contributed by atoms with Crippen molar-refractivity contribution in [2.45, 2.75) is 57.9 Å². The van der Waals surface area contributed by atoms with Crippen LogP contribution in [0, 0.1) is 5.92 Å². The van der Waals surface area contributed by atoms with Crippen molar-refractivity contribution in [3.05, 3.63) is 0 Å². The summed E-state index contributed by atoms with van der Waals surface area (Å²) in [5.74, 6) is 0.966. The molecule has 0 amide bonds. The zero-order valence-corrected chi connectivity index (χ0v) is 11.6. The molecule has 1 heterocycles. The molecule has 1 saturated heterocycles. The van der Waals surface area contributed by atoms with Crippen molar-refractivity contribution in [3.8, 4) is 0 Å². The van der Waals surface area contributed by atoms with Crippen LogP contribution in [0.15, 0.2) is 0 Å². The third-order valence-corrected chi connectivity index (χ3v) is 4.12. The lowest BCUT2D eigenvalue weighted by molar-refractivity contribution is 0.171. The van der Waals surface area contributed by atoms with Crippen LogP contribution in [0.3, 0.4) is 0 Å². The Balaban J connectivity index is 2.04. The van der Waals surface area contributed by atoms with Crippen LogP contribution < -0.4 is 5.73 Å². The fourth-order valence-corrected chi connectivity index (χ4v) is 2.56. The Morgan fingerprint density at radius 1 is 1.29 bits per heavy atom. The average Bonchev–Trinajstić information content (AvgIpc) is 2.35. The predicted molar refractivity (Wildman–Crippen MR) is 73.0 cm³/mol. The van der Waals surface area contributed by atoms with E-state index in [-0.39, 0.29) is 12.1 Å². The molecular weight excluding hydrogens is 212 g/mol. The quantitative estimate of drug-likeness (QED) is 0.671. The largest absolute Gasteiger partial charge is 0.394 e. The van der Waals surface area contributed by atoms with Gasteiger partial charge in [0.25, 0.3) is 0 Å². The summed E-state index contributed by atoms with van der Waals surface area (Å²) in [4.78, 5) is 2.58. The minimum atomic E-state index is -0.380. The van der Waals surface area contributed by atoms with E-state index in [1.54, 1.807) is 0 Å². The van der Waals surface area contributed by atoms with Crippen LogP contribution in [0.1, 0.15) is 52.4 Å². The van der Waals surface area contributed by atoms with Crippen LogP contribution in [-0.4, -0.2) is 41.8 Å². The number of likely N-dealkylation sites (tertiary alicyclic amines) is 1. The first-order valence-corrected chi connectivity index (χ1v) is 7.19. The maximum absolute atomic E-state index is 9.06. The van der Waals surface area contributed by atoms with Gasteiger partial charge in [-0.25, -0.2) is 0 Å². The number of rotatable bonds is 7. The third kappa shape index (κ3) is 5.84. The summed E-state index contributed by atoms with van der Waals surface area (Å²) in [5.41, 5.74) is 5.53. The second-order valence-electron chi connectivity index (χ2n) is 5.96. The molecule has 3 nitrogen and oxygen atoms in total. The zero-order chi connectivity index (χ0) is 12.7. The summed E-state index contributed by atoms with van der Waals surface area (Å²) in [6.45, 7) is 8.08. The van der Waals surface area contributed by atoms with Gasteiger partial charge < -0.3 is 15.7 Å². The molecule has 0 saturated carbocycles. The van der Waals surface area contributed by atoms with E-state index in [0.29, 0.717) is 0 Å². The molecule has 1 aliphatic heterocycles. The fourth-order valence-electron chi connectivity index (χ4n) is 2.56. The van der Waals surface area contributed by atoms with Crippen molar-refractivity contribution < 1.29 is 5.11 Å². The molecule has 0 aromatic heterocycles. The van der Waals surface area contributed by atoms with Gasteiger partial charge in [0, 0.05) is 5.54 Å². The van der Waals surface area contributed by atoms with Crippen LogP contribution in [-0.2, 0) is 0 Å². The molecule has 1 unspecified atom stereocenters. The van der Waals surface area contributed by atoms with Gasteiger partial charge in [0.05, 0.1) is 6.61 Å². The summed E-state index contributed by atoms with van der Waals surface area (Å²) >= 11 is 0. The minimum absolute atomic E-state index is 0.0922. The van der Waals surface area contributed by atoms with E-state index in [9.17, 15) is 0 Å². The van der Waals surface area contributed by atoms with E-state index in [4.69, 9.17) is 10.8 Å². The highest BCUT2D eigenvalue weighted by Gasteiger charge is 2.18. The lowest BCUT2D eigenvalue weighted by atomic mass is 9.94. The first kappa shape index (κ1) is 14.9. The van der Waals surface area contributed by atoms with Crippen LogP contribution in [0.25, 0.3) is 0 Å². The summed E-state index contributed by atoms with van der Waals surface area (Å²) in [7, 11) is 0. The van der Waals surface area contributed by atoms with Crippen molar-refractivity contribution in [2.24, 2.45) is 11.7 Å². The van der Waals surface area contributed by atoms with Gasteiger partial charge in [0.2, 0.25) is 0 Å². The second kappa shape index (κ2) is 7.34. The Morgan fingerprint density at radius 2 is 1.94 bits per heavy atom. The summed E-state index contributed by atoms with van der Waals surface area (Å²) in [5, 5.41) is 9.06. The lowest BCUT2D eigenvalue weighted by Gasteiger charge is -2.31. The zero-order valence-electron chi connectivity index (χ0n) is 11.6. The molecule has 1 rings (SSSR count). The summed E-state index contributed by atoms with van der Waals surface area (Å²) < 4.78 is 0. The van der Waals surface area contributed by atoms with Crippen LogP contribution in [0.4, 0.5) is 0 Å². The van der Waals surface area contributed by atoms with Gasteiger partial charge in [-0.05, 0) is 58.2 Å². The normalized spacial score (nSPS) is 22.6. The molecule has 17 heavy (non-hydrogen) atoms. The van der Waals surface area contributed by atoms with Crippen molar-refractivity contribution >= 4 is 0 Å². The van der Waals surface area contributed by atoms with E-state index in [0.717, 1.165) is 18.8 Å². The Hall–Kier alpha value is -0.120. The van der Waals surface area contributed by atoms with E-state index < -0.39 is 0 Å². The molecule has 0 radical (unpaired) electrons. The Bertz CT molecular complexity index is 198. The maximum Gasteiger partial charge on any atom is 0.0608 e. The predicted octanol–water partition coefficient (Wildman–Crippen LogP) is 1.99. The standard InChI is InChI=1S/C14H30N2O/c1-3-13-6-10-16(11-7-13)9-5-4-8-14(2,15)12-17/h13,17H,3-12,15H2,1-2H3. The third-order valence-electron chi connectivity index (χ3n) is 4.12. The molecule has 0 aromatic carbocycles. The number of hydrogen-bond donors (Lipinski definition) is 2. The van der Waals surface area contributed by atoms with E-state index in [1.165, 1.54) is 45.3 Å². The molecule has 0 aliphatic carbocycles. The van der Waals surface area contributed by atoms with Gasteiger partial charge in [-0.3, -0.25) is 0 Å². The van der Waals surface area contributed by atoms with E-state index in [1.807, 2.05) is 6.92 Å². The monoisotopic (exact) mass is 242 g/mol. The molecule has 0 aromatic rings. The summed E-state index contributed by atoms with van der Waals surface area (Å²) in [6, 6.07) is 0. The van der Waals surface area contributed by atoms with Gasteiger partial charge in [0.15, 0.2) is 0 Å². The molecule has 1 aliphatic rings. The highest BCUT2D eigenvalue weighted by Crippen LogP contribution is 2.20. The fraction of sp³-hybridized carbons (Fsp3) is 1.00. The maximum atomic E-state index is 9.06. The number of aliphatic hydroxyl groups is 1. The van der Waals surface area contributed by atoms with Crippen molar-refractivity contribution in [1.29, 1.82) is 0 Å². The molecule has 0 spiro atoms. The smallest absolute Gasteiger partial charge is 0.0608 e. The van der Waals surface area contributed by atoms with E-state index in [2.05, 4.69) is 11.8 Å². The lowest BCUT2D eigenvalue weighted by Crippen LogP contribution is -2.40. The van der Waals surface area contributed by atoms with Crippen molar-refractivity contribution in [3.63, 3.8) is 0 Å². The van der Waals surface area contributed by atoms with Gasteiger partial charge in [0.1, 0.15) is 0 Å². The van der Waals surface area contributed by atoms with Gasteiger partial charge in [-0.1, -0.05) is 19.8 Å². The Kier molecular flexibility index (Phi) is 6.45. The molecule has 1 fully saturated rings. The SMILES string of the molecule is CCC1CCN(CCCCC(C)(N)CO)CC1. The molecular formula is C14H30N2O.